The maximum absolute atomic E-state index is 13.1. The summed E-state index contributed by atoms with van der Waals surface area (Å²) in [5, 5.41) is 2.79. The van der Waals surface area contributed by atoms with Gasteiger partial charge in [0.2, 0.25) is 0 Å². The van der Waals surface area contributed by atoms with E-state index in [1.165, 1.54) is 17.7 Å². The quantitative estimate of drug-likeness (QED) is 0.537. The molecule has 0 aliphatic carbocycles. The topological polar surface area (TPSA) is 51.1 Å². The summed E-state index contributed by atoms with van der Waals surface area (Å²) in [6.07, 6.45) is 5.32. The fourth-order valence-electron chi connectivity index (χ4n) is 3.46. The lowest BCUT2D eigenvalue weighted by molar-refractivity contribution is 0.0948. The molecular formula is C26H29FN2O2. The Hall–Kier alpha value is -3.21. The average Bonchev–Trinajstić information content (AvgIpc) is 2.79. The Morgan fingerprint density at radius 3 is 2.23 bits per heavy atom. The van der Waals surface area contributed by atoms with Crippen LogP contribution in [-0.2, 0) is 25.9 Å². The smallest absolute Gasteiger partial charge is 0.263 e. The van der Waals surface area contributed by atoms with Gasteiger partial charge < -0.3 is 9.88 Å². The molecule has 0 bridgehead atoms. The van der Waals surface area contributed by atoms with E-state index in [-0.39, 0.29) is 23.5 Å². The van der Waals surface area contributed by atoms with Crippen molar-refractivity contribution in [2.24, 2.45) is 0 Å². The zero-order valence-corrected chi connectivity index (χ0v) is 18.2. The van der Waals surface area contributed by atoms with Crippen molar-refractivity contribution in [1.82, 2.24) is 9.88 Å². The van der Waals surface area contributed by atoms with Gasteiger partial charge in [0.1, 0.15) is 11.4 Å². The van der Waals surface area contributed by atoms with Crippen LogP contribution in [0, 0.1) is 5.82 Å². The molecule has 2 aromatic carbocycles. The number of carbonyl (C=O) groups is 1. The number of unbranched alkanes of at least 4 members (excludes halogenated alkanes) is 1. The van der Waals surface area contributed by atoms with Gasteiger partial charge in [0.05, 0.1) is 0 Å². The average molecular weight is 421 g/mol. The number of rotatable bonds is 9. The number of benzene rings is 2. The van der Waals surface area contributed by atoms with Gasteiger partial charge in [0.25, 0.3) is 11.5 Å². The monoisotopic (exact) mass is 420 g/mol. The summed E-state index contributed by atoms with van der Waals surface area (Å²) >= 11 is 0. The maximum Gasteiger partial charge on any atom is 0.263 e. The molecule has 3 rings (SSSR count). The van der Waals surface area contributed by atoms with Crippen molar-refractivity contribution in [3.63, 3.8) is 0 Å². The number of nitrogens with zero attached hydrogens (tertiary/aromatic N) is 1. The number of hydrogen-bond donors (Lipinski definition) is 1. The minimum atomic E-state index is -0.414. The first kappa shape index (κ1) is 22.5. The first-order valence-electron chi connectivity index (χ1n) is 10.8. The van der Waals surface area contributed by atoms with Crippen LogP contribution in [0.4, 0.5) is 4.39 Å². The van der Waals surface area contributed by atoms with Crippen molar-refractivity contribution in [1.29, 1.82) is 0 Å². The molecular weight excluding hydrogens is 391 g/mol. The Kier molecular flexibility index (Phi) is 7.76. The van der Waals surface area contributed by atoms with E-state index < -0.39 is 5.91 Å². The molecule has 0 unspecified atom stereocenters. The molecule has 0 aliphatic rings. The number of pyridine rings is 1. The second-order valence-electron chi connectivity index (χ2n) is 7.77. The fraction of sp³-hybridized carbons (Fsp3) is 0.308. The molecule has 0 saturated carbocycles. The van der Waals surface area contributed by atoms with Crippen molar-refractivity contribution in [2.75, 3.05) is 0 Å². The largest absolute Gasteiger partial charge is 0.348 e. The predicted octanol–water partition coefficient (Wildman–Crippen LogP) is 4.87. The minimum Gasteiger partial charge on any atom is -0.348 e. The summed E-state index contributed by atoms with van der Waals surface area (Å²) in [6.45, 7) is 5.00. The lowest BCUT2D eigenvalue weighted by atomic mass is 10.0. The Bertz CT molecular complexity index is 1070. The van der Waals surface area contributed by atoms with Crippen molar-refractivity contribution < 1.29 is 9.18 Å². The number of carbonyl (C=O) groups excluding carboxylic acids is 1. The van der Waals surface area contributed by atoms with Crippen LogP contribution in [0.1, 0.15) is 59.3 Å². The van der Waals surface area contributed by atoms with Crippen molar-refractivity contribution in [3.05, 3.63) is 105 Å². The van der Waals surface area contributed by atoms with Crippen LogP contribution in [0.25, 0.3) is 0 Å². The Balaban J connectivity index is 1.84. The van der Waals surface area contributed by atoms with Gasteiger partial charge in [0, 0.05) is 19.3 Å². The third-order valence-electron chi connectivity index (χ3n) is 5.35. The molecule has 0 aliphatic heterocycles. The van der Waals surface area contributed by atoms with E-state index >= 15 is 0 Å². The highest BCUT2D eigenvalue weighted by Crippen LogP contribution is 2.13. The van der Waals surface area contributed by atoms with E-state index in [0.717, 1.165) is 36.0 Å². The zero-order chi connectivity index (χ0) is 22.2. The summed E-state index contributed by atoms with van der Waals surface area (Å²) < 4.78 is 14.7. The molecule has 0 spiro atoms. The van der Waals surface area contributed by atoms with Crippen LogP contribution >= 0.6 is 0 Å². The number of nitrogens with one attached hydrogen (secondary N) is 1. The first-order valence-corrected chi connectivity index (χ1v) is 10.8. The van der Waals surface area contributed by atoms with Gasteiger partial charge >= 0.3 is 0 Å². The summed E-state index contributed by atoms with van der Waals surface area (Å²) in [4.78, 5) is 25.7. The molecule has 0 fully saturated rings. The third kappa shape index (κ3) is 6.14. The lowest BCUT2D eigenvalue weighted by Crippen LogP contribution is -2.33. The number of amides is 1. The van der Waals surface area contributed by atoms with Crippen LogP contribution in [-0.4, -0.2) is 10.5 Å². The Morgan fingerprint density at radius 1 is 0.935 bits per heavy atom. The Morgan fingerprint density at radius 2 is 1.58 bits per heavy atom. The highest BCUT2D eigenvalue weighted by molar-refractivity contribution is 5.94. The van der Waals surface area contributed by atoms with Crippen LogP contribution in [0.2, 0.25) is 0 Å². The van der Waals surface area contributed by atoms with E-state index in [1.807, 2.05) is 6.20 Å². The van der Waals surface area contributed by atoms with Crippen LogP contribution in [0.3, 0.4) is 0 Å². The molecule has 0 radical (unpaired) electrons. The van der Waals surface area contributed by atoms with Gasteiger partial charge in [-0.05, 0) is 59.7 Å². The molecule has 0 atom stereocenters. The van der Waals surface area contributed by atoms with Gasteiger partial charge in [0.15, 0.2) is 0 Å². The SMILES string of the molecule is CCCCn1cc(Cc2ccc(CC)cc2)cc(C(=O)NCc2ccc(F)cc2)c1=O. The van der Waals surface area contributed by atoms with Gasteiger partial charge in [-0.2, -0.15) is 0 Å². The summed E-state index contributed by atoms with van der Waals surface area (Å²) in [5.74, 6) is -0.740. The second-order valence-corrected chi connectivity index (χ2v) is 7.77. The lowest BCUT2D eigenvalue weighted by Gasteiger charge is -2.12. The van der Waals surface area contributed by atoms with E-state index in [9.17, 15) is 14.0 Å². The molecule has 1 amide bonds. The van der Waals surface area contributed by atoms with Gasteiger partial charge in [-0.1, -0.05) is 56.7 Å². The number of aryl methyl sites for hydroxylation is 2. The van der Waals surface area contributed by atoms with Crippen LogP contribution in [0.5, 0.6) is 0 Å². The van der Waals surface area contributed by atoms with E-state index in [2.05, 4.69) is 43.4 Å². The molecule has 4 nitrogen and oxygen atoms in total. The normalized spacial score (nSPS) is 10.8. The Labute approximate surface area is 182 Å². The molecule has 5 heteroatoms. The standard InChI is InChI=1S/C26H29FN2O2/c1-3-5-14-29-18-22(15-20-8-6-19(4-2)7-9-20)16-24(26(29)31)25(30)28-17-21-10-12-23(27)13-11-21/h6-13,16,18H,3-5,14-15,17H2,1-2H3,(H,28,30). The molecule has 1 N–H and O–H groups in total. The number of aromatic nitrogens is 1. The third-order valence-corrected chi connectivity index (χ3v) is 5.35. The summed E-state index contributed by atoms with van der Waals surface area (Å²) in [5.41, 5.74) is 3.96. The van der Waals surface area contributed by atoms with E-state index in [1.54, 1.807) is 22.8 Å². The number of hydrogen-bond acceptors (Lipinski definition) is 2. The van der Waals surface area contributed by atoms with Gasteiger partial charge in [-0.3, -0.25) is 9.59 Å². The van der Waals surface area contributed by atoms with Gasteiger partial charge in [-0.15, -0.1) is 0 Å². The maximum atomic E-state index is 13.1. The molecule has 1 heterocycles. The van der Waals surface area contributed by atoms with Crippen LogP contribution < -0.4 is 10.9 Å². The van der Waals surface area contributed by atoms with Crippen LogP contribution in [0.15, 0.2) is 65.6 Å². The highest BCUT2D eigenvalue weighted by atomic mass is 19.1. The molecule has 1 aromatic heterocycles. The predicted molar refractivity (Wildman–Crippen MR) is 122 cm³/mol. The van der Waals surface area contributed by atoms with E-state index in [0.29, 0.717) is 13.0 Å². The molecule has 162 valence electrons. The molecule has 3 aromatic rings. The van der Waals surface area contributed by atoms with Gasteiger partial charge in [-0.25, -0.2) is 4.39 Å². The second kappa shape index (κ2) is 10.7. The van der Waals surface area contributed by atoms with E-state index in [4.69, 9.17) is 0 Å². The summed E-state index contributed by atoms with van der Waals surface area (Å²) in [6, 6.07) is 16.0. The number of halogens is 1. The molecule has 0 saturated heterocycles. The van der Waals surface area contributed by atoms with Crippen molar-refractivity contribution in [2.45, 2.75) is 52.6 Å². The van der Waals surface area contributed by atoms with Crippen molar-refractivity contribution >= 4 is 5.91 Å². The highest BCUT2D eigenvalue weighted by Gasteiger charge is 2.15. The van der Waals surface area contributed by atoms with Crippen molar-refractivity contribution in [3.8, 4) is 0 Å². The fourth-order valence-corrected chi connectivity index (χ4v) is 3.46. The zero-order valence-electron chi connectivity index (χ0n) is 18.2. The summed E-state index contributed by atoms with van der Waals surface area (Å²) in [7, 11) is 0. The minimum absolute atomic E-state index is 0.140. The molecule has 31 heavy (non-hydrogen) atoms. The first-order chi connectivity index (χ1) is 15.0.